The smallest absolute Gasteiger partial charge is 0.243 e. The molecule has 0 amide bonds. The molecular formula is C24H28N6O2S. The lowest BCUT2D eigenvalue weighted by atomic mass is 9.92. The van der Waals surface area contributed by atoms with Crippen LogP contribution < -0.4 is 10.2 Å². The number of benzene rings is 1. The molecule has 33 heavy (non-hydrogen) atoms. The van der Waals surface area contributed by atoms with Crippen LogP contribution in [-0.4, -0.2) is 53.9 Å². The monoisotopic (exact) mass is 464 g/mol. The van der Waals surface area contributed by atoms with E-state index < -0.39 is 10.0 Å². The van der Waals surface area contributed by atoms with E-state index >= 15 is 0 Å². The maximum atomic E-state index is 13.3. The molecule has 3 aromatic rings. The molecular weight excluding hydrogens is 436 g/mol. The van der Waals surface area contributed by atoms with Gasteiger partial charge in [-0.05, 0) is 68.0 Å². The van der Waals surface area contributed by atoms with Crippen LogP contribution >= 0.6 is 0 Å². The quantitative estimate of drug-likeness (QED) is 0.619. The SMILES string of the molecule is Cc1nc(Nc2ccccn2)cc(N2CCN(S(=O)(=O)c3ccc4c(c3)CCCC4)CC2)n1. The molecule has 8 nitrogen and oxygen atoms in total. The van der Waals surface area contributed by atoms with Gasteiger partial charge < -0.3 is 10.2 Å². The van der Waals surface area contributed by atoms with Gasteiger partial charge in [-0.1, -0.05) is 12.1 Å². The molecule has 0 saturated carbocycles. The van der Waals surface area contributed by atoms with Crippen LogP contribution in [0, 0.1) is 6.92 Å². The molecule has 1 N–H and O–H groups in total. The van der Waals surface area contributed by atoms with E-state index in [1.165, 1.54) is 17.5 Å². The summed E-state index contributed by atoms with van der Waals surface area (Å²) in [5, 5.41) is 3.21. The van der Waals surface area contributed by atoms with Gasteiger partial charge in [0.05, 0.1) is 4.90 Å². The second kappa shape index (κ2) is 9.07. The van der Waals surface area contributed by atoms with Gasteiger partial charge in [0.25, 0.3) is 0 Å². The van der Waals surface area contributed by atoms with Crippen molar-refractivity contribution in [2.45, 2.75) is 37.5 Å². The van der Waals surface area contributed by atoms with Crippen molar-refractivity contribution in [1.82, 2.24) is 19.3 Å². The first kappa shape index (κ1) is 21.8. The topological polar surface area (TPSA) is 91.3 Å². The standard InChI is InChI=1S/C24H28N6O2S/c1-18-26-23(28-22-8-4-5-11-25-22)17-24(27-18)29-12-14-30(15-13-29)33(31,32)21-10-9-19-6-2-3-7-20(19)16-21/h4-5,8-11,16-17H,2-3,6-7,12-15H2,1H3,(H,25,26,27,28). The second-order valence-corrected chi connectivity index (χ2v) is 10.5. The van der Waals surface area contributed by atoms with E-state index in [2.05, 4.69) is 25.2 Å². The maximum absolute atomic E-state index is 13.3. The Labute approximate surface area is 194 Å². The zero-order valence-corrected chi connectivity index (χ0v) is 19.6. The normalized spacial score (nSPS) is 16.9. The molecule has 1 aliphatic carbocycles. The molecule has 1 aromatic carbocycles. The third-order valence-electron chi connectivity index (χ3n) is 6.27. The van der Waals surface area contributed by atoms with Gasteiger partial charge in [-0.3, -0.25) is 0 Å². The second-order valence-electron chi connectivity index (χ2n) is 8.53. The third-order valence-corrected chi connectivity index (χ3v) is 8.16. The molecule has 0 radical (unpaired) electrons. The summed E-state index contributed by atoms with van der Waals surface area (Å²) in [4.78, 5) is 15.8. The van der Waals surface area contributed by atoms with Crippen LogP contribution in [-0.2, 0) is 22.9 Å². The molecule has 1 fully saturated rings. The van der Waals surface area contributed by atoms with Crippen LogP contribution in [0.25, 0.3) is 0 Å². The summed E-state index contributed by atoms with van der Waals surface area (Å²) in [5.41, 5.74) is 2.48. The number of hydrogen-bond acceptors (Lipinski definition) is 7. The number of nitrogens with zero attached hydrogens (tertiary/aromatic N) is 5. The zero-order chi connectivity index (χ0) is 22.8. The first-order valence-corrected chi connectivity index (χ1v) is 12.8. The molecule has 5 rings (SSSR count). The van der Waals surface area contributed by atoms with E-state index in [0.717, 1.165) is 25.1 Å². The zero-order valence-electron chi connectivity index (χ0n) is 18.7. The maximum Gasteiger partial charge on any atom is 0.243 e. The first-order chi connectivity index (χ1) is 16.0. The molecule has 9 heteroatoms. The highest BCUT2D eigenvalue weighted by Gasteiger charge is 2.30. The summed E-state index contributed by atoms with van der Waals surface area (Å²) in [7, 11) is -3.50. The van der Waals surface area contributed by atoms with Crippen LogP contribution in [0.2, 0.25) is 0 Å². The van der Waals surface area contributed by atoms with E-state index in [1.807, 2.05) is 43.3 Å². The largest absolute Gasteiger partial charge is 0.354 e. The van der Waals surface area contributed by atoms with E-state index in [-0.39, 0.29) is 0 Å². The number of pyridine rings is 1. The van der Waals surface area contributed by atoms with Gasteiger partial charge in [0, 0.05) is 38.4 Å². The lowest BCUT2D eigenvalue weighted by molar-refractivity contribution is 0.383. The van der Waals surface area contributed by atoms with Gasteiger partial charge in [-0.25, -0.2) is 23.4 Å². The fourth-order valence-corrected chi connectivity index (χ4v) is 6.00. The Balaban J connectivity index is 1.29. The Morgan fingerprint density at radius 3 is 2.42 bits per heavy atom. The van der Waals surface area contributed by atoms with Crippen molar-refractivity contribution in [3.8, 4) is 0 Å². The predicted molar refractivity (Wildman–Crippen MR) is 128 cm³/mol. The van der Waals surface area contributed by atoms with Gasteiger partial charge in [-0.2, -0.15) is 4.31 Å². The number of aryl methyl sites for hydroxylation is 3. The minimum absolute atomic E-state index is 0.413. The van der Waals surface area contributed by atoms with Crippen LogP contribution in [0.15, 0.2) is 53.6 Å². The highest BCUT2D eigenvalue weighted by Crippen LogP contribution is 2.27. The number of sulfonamides is 1. The molecule has 0 bridgehead atoms. The summed E-state index contributed by atoms with van der Waals surface area (Å²) >= 11 is 0. The van der Waals surface area contributed by atoms with Crippen molar-refractivity contribution in [3.05, 3.63) is 65.6 Å². The number of rotatable bonds is 5. The minimum atomic E-state index is -3.50. The van der Waals surface area contributed by atoms with Crippen LogP contribution in [0.4, 0.5) is 17.5 Å². The van der Waals surface area contributed by atoms with E-state index in [4.69, 9.17) is 0 Å². The lowest BCUT2D eigenvalue weighted by Crippen LogP contribution is -2.49. The van der Waals surface area contributed by atoms with Crippen molar-refractivity contribution < 1.29 is 8.42 Å². The molecule has 3 heterocycles. The molecule has 1 saturated heterocycles. The summed E-state index contributed by atoms with van der Waals surface area (Å²) in [6.45, 7) is 3.84. The number of hydrogen-bond donors (Lipinski definition) is 1. The van der Waals surface area contributed by atoms with Gasteiger partial charge in [0.2, 0.25) is 10.0 Å². The average molecular weight is 465 g/mol. The summed E-state index contributed by atoms with van der Waals surface area (Å²) in [5.74, 6) is 2.81. The van der Waals surface area contributed by atoms with Crippen LogP contribution in [0.5, 0.6) is 0 Å². The highest BCUT2D eigenvalue weighted by atomic mass is 32.2. The fourth-order valence-electron chi connectivity index (χ4n) is 4.52. The molecule has 1 aliphatic heterocycles. The molecule has 2 aliphatic rings. The Morgan fingerprint density at radius 2 is 1.67 bits per heavy atom. The Kier molecular flexibility index (Phi) is 5.99. The number of nitrogens with one attached hydrogen (secondary N) is 1. The molecule has 0 unspecified atom stereocenters. The van der Waals surface area contributed by atoms with E-state index in [0.29, 0.717) is 48.5 Å². The molecule has 0 spiro atoms. The van der Waals surface area contributed by atoms with Gasteiger partial charge >= 0.3 is 0 Å². The van der Waals surface area contributed by atoms with E-state index in [1.54, 1.807) is 16.6 Å². The highest BCUT2D eigenvalue weighted by molar-refractivity contribution is 7.89. The molecule has 0 atom stereocenters. The Hall–Kier alpha value is -3.04. The first-order valence-electron chi connectivity index (χ1n) is 11.4. The molecule has 172 valence electrons. The van der Waals surface area contributed by atoms with Gasteiger partial charge in [0.1, 0.15) is 23.3 Å². The van der Waals surface area contributed by atoms with Gasteiger partial charge in [0.15, 0.2) is 0 Å². The number of aromatic nitrogens is 3. The Morgan fingerprint density at radius 1 is 0.879 bits per heavy atom. The summed E-state index contributed by atoms with van der Waals surface area (Å²) < 4.78 is 28.2. The van der Waals surface area contributed by atoms with Crippen molar-refractivity contribution >= 4 is 27.5 Å². The third kappa shape index (κ3) is 4.69. The number of piperazine rings is 1. The van der Waals surface area contributed by atoms with E-state index in [9.17, 15) is 8.42 Å². The van der Waals surface area contributed by atoms with Gasteiger partial charge in [-0.15, -0.1) is 0 Å². The lowest BCUT2D eigenvalue weighted by Gasteiger charge is -2.35. The van der Waals surface area contributed by atoms with Crippen molar-refractivity contribution in [2.75, 3.05) is 36.4 Å². The summed E-state index contributed by atoms with van der Waals surface area (Å²) in [6, 6.07) is 13.2. The minimum Gasteiger partial charge on any atom is -0.354 e. The van der Waals surface area contributed by atoms with Crippen LogP contribution in [0.1, 0.15) is 29.8 Å². The molecule has 2 aromatic heterocycles. The average Bonchev–Trinajstić information content (AvgIpc) is 2.84. The number of anilines is 3. The van der Waals surface area contributed by atoms with Crippen LogP contribution in [0.3, 0.4) is 0 Å². The van der Waals surface area contributed by atoms with Crippen molar-refractivity contribution in [3.63, 3.8) is 0 Å². The van der Waals surface area contributed by atoms with Crippen molar-refractivity contribution in [1.29, 1.82) is 0 Å². The number of fused-ring (bicyclic) bond motifs is 1. The Bertz CT molecular complexity index is 1240. The summed E-state index contributed by atoms with van der Waals surface area (Å²) in [6.07, 6.45) is 6.05. The fraction of sp³-hybridized carbons (Fsp3) is 0.375. The van der Waals surface area contributed by atoms with Crippen molar-refractivity contribution in [2.24, 2.45) is 0 Å². The predicted octanol–water partition coefficient (Wildman–Crippen LogP) is 3.31.